The summed E-state index contributed by atoms with van der Waals surface area (Å²) in [4.78, 5) is 41.7. The monoisotopic (exact) mass is 555 g/mol. The van der Waals surface area contributed by atoms with Crippen molar-refractivity contribution >= 4 is 17.5 Å². The number of ketones is 2. The van der Waals surface area contributed by atoms with E-state index in [-0.39, 0.29) is 18.0 Å². The molecule has 0 aliphatic carbocycles. The van der Waals surface area contributed by atoms with Crippen molar-refractivity contribution in [3.05, 3.63) is 89.0 Å². The summed E-state index contributed by atoms with van der Waals surface area (Å²) in [5.41, 5.74) is 2.09. The fraction of sp³-hybridized carbons (Fsp3) is 0.300. The third-order valence-electron chi connectivity index (χ3n) is 6.84. The number of carbonyl (C=O) groups excluding carboxylic acids is 3. The van der Waals surface area contributed by atoms with Crippen LogP contribution in [0.1, 0.15) is 52.9 Å². The Morgan fingerprint density at radius 3 is 2.08 bits per heavy atom. The number of halogens is 3. The molecular weight excluding hydrogens is 527 g/mol. The van der Waals surface area contributed by atoms with Gasteiger partial charge < -0.3 is 19.1 Å². The topological polar surface area (TPSA) is 82.1 Å². The van der Waals surface area contributed by atoms with Crippen molar-refractivity contribution in [2.45, 2.75) is 38.7 Å². The average Bonchev–Trinajstić information content (AvgIpc) is 3.17. The van der Waals surface area contributed by atoms with Crippen LogP contribution in [0.15, 0.2) is 66.7 Å². The molecular formula is C30H28F3NO6. The lowest BCUT2D eigenvalue weighted by Gasteiger charge is -2.28. The minimum Gasteiger partial charge on any atom is -0.497 e. The number of Topliss-reactive ketones (excluding diaryl/α,β-unsaturated/α-hetero) is 2. The highest BCUT2D eigenvalue weighted by Crippen LogP contribution is 2.41. The second kappa shape index (κ2) is 11.4. The molecule has 2 atom stereocenters. The van der Waals surface area contributed by atoms with E-state index in [4.69, 9.17) is 9.47 Å². The number of rotatable bonds is 9. The highest BCUT2D eigenvalue weighted by Gasteiger charge is 2.51. The number of amides is 1. The van der Waals surface area contributed by atoms with E-state index < -0.39 is 41.5 Å². The van der Waals surface area contributed by atoms with E-state index in [1.54, 1.807) is 42.5 Å². The highest BCUT2D eigenvalue weighted by atomic mass is 19.4. The normalized spacial score (nSPS) is 17.4. The van der Waals surface area contributed by atoms with Crippen LogP contribution in [0.25, 0.3) is 0 Å². The first-order valence-electron chi connectivity index (χ1n) is 12.5. The van der Waals surface area contributed by atoms with Crippen LogP contribution in [0, 0.1) is 5.92 Å². The standard InChI is InChI=1S/C30H28F3NO6/c1-17(2)18-5-7-20(8-6-18)27(35)25-26(19-9-12-22(13-10-19)40-30(31,32)33)34(29(37)28(25)36)16-21-11-14-23(38-3)15-24(21)39-4/h5-15,17,25-26H,16H2,1-4H3. The molecule has 0 N–H and O–H groups in total. The maximum Gasteiger partial charge on any atom is 0.573 e. The van der Waals surface area contributed by atoms with Gasteiger partial charge in [-0.3, -0.25) is 14.4 Å². The molecule has 3 aromatic rings. The molecule has 2 unspecified atom stereocenters. The molecule has 1 fully saturated rings. The van der Waals surface area contributed by atoms with Crippen LogP contribution in [0.5, 0.6) is 17.2 Å². The number of benzene rings is 3. The fourth-order valence-electron chi connectivity index (χ4n) is 4.77. The van der Waals surface area contributed by atoms with Crippen LogP contribution in [0.4, 0.5) is 13.2 Å². The minimum absolute atomic E-state index is 0.0979. The third-order valence-corrected chi connectivity index (χ3v) is 6.84. The summed E-state index contributed by atoms with van der Waals surface area (Å²) >= 11 is 0. The Morgan fingerprint density at radius 2 is 1.52 bits per heavy atom. The van der Waals surface area contributed by atoms with Crippen molar-refractivity contribution in [2.24, 2.45) is 5.92 Å². The number of methoxy groups -OCH3 is 2. The van der Waals surface area contributed by atoms with E-state index in [0.717, 1.165) is 17.7 Å². The van der Waals surface area contributed by atoms with E-state index in [2.05, 4.69) is 4.74 Å². The maximum atomic E-state index is 13.7. The van der Waals surface area contributed by atoms with Gasteiger partial charge in [0.2, 0.25) is 5.78 Å². The lowest BCUT2D eigenvalue weighted by Crippen LogP contribution is -2.30. The Bertz CT molecular complexity index is 1400. The molecule has 210 valence electrons. The number of hydrogen-bond acceptors (Lipinski definition) is 6. The number of likely N-dealkylation sites (tertiary alicyclic amines) is 1. The zero-order valence-electron chi connectivity index (χ0n) is 22.3. The smallest absolute Gasteiger partial charge is 0.497 e. The summed E-state index contributed by atoms with van der Waals surface area (Å²) < 4.78 is 52.8. The van der Waals surface area contributed by atoms with E-state index in [1.165, 1.54) is 31.3 Å². The van der Waals surface area contributed by atoms with Crippen LogP contribution in [0.2, 0.25) is 0 Å². The van der Waals surface area contributed by atoms with E-state index in [1.807, 2.05) is 13.8 Å². The van der Waals surface area contributed by atoms with Gasteiger partial charge in [0.1, 0.15) is 23.2 Å². The molecule has 1 heterocycles. The predicted molar refractivity (Wildman–Crippen MR) is 139 cm³/mol. The van der Waals surface area contributed by atoms with E-state index >= 15 is 0 Å². The zero-order chi connectivity index (χ0) is 29.2. The molecule has 1 saturated heterocycles. The summed E-state index contributed by atoms with van der Waals surface area (Å²) in [6.07, 6.45) is -4.89. The van der Waals surface area contributed by atoms with Crippen LogP contribution in [-0.4, -0.2) is 43.0 Å². The molecule has 0 aromatic heterocycles. The molecule has 4 rings (SSSR count). The van der Waals surface area contributed by atoms with Gasteiger partial charge in [-0.1, -0.05) is 50.2 Å². The number of ether oxygens (including phenoxy) is 3. The maximum absolute atomic E-state index is 13.7. The summed E-state index contributed by atoms with van der Waals surface area (Å²) in [6, 6.07) is 15.5. The molecule has 40 heavy (non-hydrogen) atoms. The van der Waals surface area contributed by atoms with Crippen LogP contribution >= 0.6 is 0 Å². The van der Waals surface area contributed by atoms with Gasteiger partial charge >= 0.3 is 6.36 Å². The van der Waals surface area contributed by atoms with Crippen LogP contribution < -0.4 is 14.2 Å². The largest absolute Gasteiger partial charge is 0.573 e. The second-order valence-electron chi connectivity index (χ2n) is 9.66. The molecule has 1 amide bonds. The van der Waals surface area contributed by atoms with Crippen molar-refractivity contribution in [1.82, 2.24) is 4.90 Å². The molecule has 1 aliphatic rings. The number of carbonyl (C=O) groups is 3. The lowest BCUT2D eigenvalue weighted by atomic mass is 9.85. The summed E-state index contributed by atoms with van der Waals surface area (Å²) in [7, 11) is 2.93. The third kappa shape index (κ3) is 5.95. The fourth-order valence-corrected chi connectivity index (χ4v) is 4.77. The van der Waals surface area contributed by atoms with Crippen molar-refractivity contribution in [3.63, 3.8) is 0 Å². The first kappa shape index (κ1) is 28.7. The molecule has 0 spiro atoms. The van der Waals surface area contributed by atoms with Crippen molar-refractivity contribution in [2.75, 3.05) is 14.2 Å². The Hall–Kier alpha value is -4.34. The first-order valence-corrected chi connectivity index (χ1v) is 12.5. The van der Waals surface area contributed by atoms with Crippen molar-refractivity contribution < 1.29 is 41.8 Å². The molecule has 3 aromatic carbocycles. The van der Waals surface area contributed by atoms with Gasteiger partial charge in [0.25, 0.3) is 5.91 Å². The summed E-state index contributed by atoms with van der Waals surface area (Å²) in [5, 5.41) is 0. The Labute approximate surface area is 229 Å². The zero-order valence-corrected chi connectivity index (χ0v) is 22.3. The summed E-state index contributed by atoms with van der Waals surface area (Å²) in [5.74, 6) is -3.08. The van der Waals surface area contributed by atoms with Gasteiger partial charge in [0.15, 0.2) is 5.78 Å². The predicted octanol–water partition coefficient (Wildman–Crippen LogP) is 5.88. The SMILES string of the molecule is COc1ccc(CN2C(=O)C(=O)C(C(=O)c3ccc(C(C)C)cc3)C2c2ccc(OC(F)(F)F)cc2)c(OC)c1. The molecule has 0 saturated carbocycles. The van der Waals surface area contributed by atoms with Crippen LogP contribution in [0.3, 0.4) is 0 Å². The Kier molecular flexibility index (Phi) is 8.18. The molecule has 7 nitrogen and oxygen atoms in total. The van der Waals surface area contributed by atoms with Crippen LogP contribution in [-0.2, 0) is 16.1 Å². The van der Waals surface area contributed by atoms with Gasteiger partial charge in [-0.15, -0.1) is 13.2 Å². The minimum atomic E-state index is -4.89. The number of alkyl halides is 3. The van der Waals surface area contributed by atoms with E-state index in [9.17, 15) is 27.6 Å². The van der Waals surface area contributed by atoms with Gasteiger partial charge in [-0.05, 0) is 41.3 Å². The molecule has 0 bridgehead atoms. The van der Waals surface area contributed by atoms with Crippen molar-refractivity contribution in [3.8, 4) is 17.2 Å². The highest BCUT2D eigenvalue weighted by molar-refractivity contribution is 6.44. The van der Waals surface area contributed by atoms with Crippen molar-refractivity contribution in [1.29, 1.82) is 0 Å². The van der Waals surface area contributed by atoms with Gasteiger partial charge in [0, 0.05) is 17.2 Å². The number of nitrogens with zero attached hydrogens (tertiary/aromatic N) is 1. The van der Waals surface area contributed by atoms with E-state index in [0.29, 0.717) is 22.6 Å². The average molecular weight is 556 g/mol. The Morgan fingerprint density at radius 1 is 0.900 bits per heavy atom. The van der Waals surface area contributed by atoms with Gasteiger partial charge in [-0.2, -0.15) is 0 Å². The quantitative estimate of drug-likeness (QED) is 0.186. The van der Waals surface area contributed by atoms with Gasteiger partial charge in [0.05, 0.1) is 26.8 Å². The number of hydrogen-bond donors (Lipinski definition) is 0. The Balaban J connectivity index is 1.76. The van der Waals surface area contributed by atoms with Gasteiger partial charge in [-0.25, -0.2) is 0 Å². The molecule has 10 heteroatoms. The lowest BCUT2D eigenvalue weighted by molar-refractivity contribution is -0.274. The molecule has 0 radical (unpaired) electrons. The molecule has 1 aliphatic heterocycles. The second-order valence-corrected chi connectivity index (χ2v) is 9.66. The first-order chi connectivity index (χ1) is 18.9. The summed E-state index contributed by atoms with van der Waals surface area (Å²) in [6.45, 7) is 3.91.